The second-order valence-electron chi connectivity index (χ2n) is 5.53. The number of halogens is 2. The van der Waals surface area contributed by atoms with E-state index in [1.807, 2.05) is 19.9 Å². The topological polar surface area (TPSA) is 37.4 Å². The standard InChI is InChI=1S/C15H21Br2NO2S/c1-3-18(12-7-5-4-6-8-12)21(19,20)15-10-13(16)11(2)9-14(15)17/h9-10,12H,3-8H2,1-2H3. The molecule has 118 valence electrons. The van der Waals surface area contributed by atoms with Crippen LogP contribution in [0.2, 0.25) is 0 Å². The van der Waals surface area contributed by atoms with Crippen molar-refractivity contribution in [3.63, 3.8) is 0 Å². The fourth-order valence-corrected chi connectivity index (χ4v) is 6.28. The summed E-state index contributed by atoms with van der Waals surface area (Å²) in [5.41, 5.74) is 1.02. The lowest BCUT2D eigenvalue weighted by atomic mass is 9.95. The molecule has 0 saturated heterocycles. The van der Waals surface area contributed by atoms with Crippen molar-refractivity contribution < 1.29 is 8.42 Å². The molecule has 6 heteroatoms. The van der Waals surface area contributed by atoms with Crippen LogP contribution in [0.15, 0.2) is 26.0 Å². The van der Waals surface area contributed by atoms with Crippen molar-refractivity contribution in [2.24, 2.45) is 0 Å². The predicted molar refractivity (Wildman–Crippen MR) is 93.0 cm³/mol. The van der Waals surface area contributed by atoms with E-state index in [1.165, 1.54) is 6.42 Å². The second kappa shape index (κ2) is 7.11. The van der Waals surface area contributed by atoms with Gasteiger partial charge in [0, 0.05) is 21.5 Å². The molecule has 1 fully saturated rings. The van der Waals surface area contributed by atoms with Gasteiger partial charge in [-0.05, 0) is 53.4 Å². The van der Waals surface area contributed by atoms with Gasteiger partial charge in [-0.1, -0.05) is 42.1 Å². The Morgan fingerprint density at radius 2 is 1.76 bits per heavy atom. The summed E-state index contributed by atoms with van der Waals surface area (Å²) in [5, 5.41) is 0. The Balaban J connectivity index is 2.41. The molecule has 1 aromatic rings. The van der Waals surface area contributed by atoms with Crippen molar-refractivity contribution in [3.8, 4) is 0 Å². The van der Waals surface area contributed by atoms with Crippen LogP contribution in [0, 0.1) is 6.92 Å². The molecule has 2 rings (SSSR count). The smallest absolute Gasteiger partial charge is 0.207 e. The highest BCUT2D eigenvalue weighted by Gasteiger charge is 2.32. The van der Waals surface area contributed by atoms with Crippen molar-refractivity contribution in [2.75, 3.05) is 6.54 Å². The van der Waals surface area contributed by atoms with Crippen molar-refractivity contribution >= 4 is 41.9 Å². The molecular formula is C15H21Br2NO2S. The zero-order valence-electron chi connectivity index (χ0n) is 12.4. The number of rotatable bonds is 4. The van der Waals surface area contributed by atoms with Gasteiger partial charge < -0.3 is 0 Å². The van der Waals surface area contributed by atoms with E-state index >= 15 is 0 Å². The number of sulfonamides is 1. The number of benzene rings is 1. The average molecular weight is 439 g/mol. The highest BCUT2D eigenvalue weighted by molar-refractivity contribution is 9.11. The van der Waals surface area contributed by atoms with E-state index in [9.17, 15) is 8.42 Å². The van der Waals surface area contributed by atoms with E-state index < -0.39 is 10.0 Å². The Labute approximate surface area is 144 Å². The molecule has 0 bridgehead atoms. The Kier molecular flexibility index (Phi) is 5.91. The van der Waals surface area contributed by atoms with E-state index in [0.717, 1.165) is 35.7 Å². The molecule has 0 aromatic heterocycles. The molecule has 1 aliphatic rings. The summed E-state index contributed by atoms with van der Waals surface area (Å²) in [6, 6.07) is 3.70. The Bertz CT molecular complexity index is 610. The summed E-state index contributed by atoms with van der Waals surface area (Å²) < 4.78 is 29.2. The molecule has 1 saturated carbocycles. The molecule has 0 unspecified atom stereocenters. The first-order valence-electron chi connectivity index (χ1n) is 7.35. The maximum atomic E-state index is 13.0. The first-order chi connectivity index (χ1) is 9.87. The lowest BCUT2D eigenvalue weighted by Crippen LogP contribution is -2.41. The predicted octanol–water partition coefficient (Wildman–Crippen LogP) is 4.86. The van der Waals surface area contributed by atoms with Crippen molar-refractivity contribution in [1.29, 1.82) is 0 Å². The monoisotopic (exact) mass is 437 g/mol. The van der Waals surface area contributed by atoms with Gasteiger partial charge in [0.2, 0.25) is 10.0 Å². The maximum Gasteiger partial charge on any atom is 0.244 e. The maximum absolute atomic E-state index is 13.0. The molecule has 0 N–H and O–H groups in total. The van der Waals surface area contributed by atoms with Gasteiger partial charge in [-0.3, -0.25) is 0 Å². The van der Waals surface area contributed by atoms with Gasteiger partial charge in [-0.15, -0.1) is 0 Å². The van der Waals surface area contributed by atoms with Crippen molar-refractivity contribution in [1.82, 2.24) is 4.31 Å². The fourth-order valence-electron chi connectivity index (χ4n) is 2.95. The first-order valence-corrected chi connectivity index (χ1v) is 10.4. The lowest BCUT2D eigenvalue weighted by Gasteiger charge is -2.33. The van der Waals surface area contributed by atoms with E-state index in [2.05, 4.69) is 31.9 Å². The minimum Gasteiger partial charge on any atom is -0.207 e. The van der Waals surface area contributed by atoms with Crippen molar-refractivity contribution in [2.45, 2.75) is 56.9 Å². The third-order valence-electron chi connectivity index (χ3n) is 4.09. The summed E-state index contributed by atoms with van der Waals surface area (Å²) >= 11 is 6.85. The first kappa shape index (κ1) is 17.4. The van der Waals surface area contributed by atoms with Crippen LogP contribution in [0.5, 0.6) is 0 Å². The quantitative estimate of drug-likeness (QED) is 0.672. The van der Waals surface area contributed by atoms with Crippen molar-refractivity contribution in [3.05, 3.63) is 26.6 Å². The van der Waals surface area contributed by atoms with Crippen LogP contribution in [0.1, 0.15) is 44.6 Å². The average Bonchev–Trinajstić information content (AvgIpc) is 2.44. The van der Waals surface area contributed by atoms with Gasteiger partial charge >= 0.3 is 0 Å². The Morgan fingerprint density at radius 3 is 2.33 bits per heavy atom. The summed E-state index contributed by atoms with van der Waals surface area (Å²) in [7, 11) is -3.46. The summed E-state index contributed by atoms with van der Waals surface area (Å²) in [5.74, 6) is 0. The number of nitrogens with zero attached hydrogens (tertiary/aromatic N) is 1. The zero-order chi connectivity index (χ0) is 15.6. The van der Waals surface area contributed by atoms with Gasteiger partial charge in [0.25, 0.3) is 0 Å². The van der Waals surface area contributed by atoms with E-state index in [0.29, 0.717) is 15.9 Å². The molecule has 1 aliphatic carbocycles. The minimum absolute atomic E-state index is 0.140. The zero-order valence-corrected chi connectivity index (χ0v) is 16.4. The third kappa shape index (κ3) is 3.71. The SMILES string of the molecule is CCN(C1CCCCC1)S(=O)(=O)c1cc(Br)c(C)cc1Br. The van der Waals surface area contributed by atoms with Crippen LogP contribution >= 0.6 is 31.9 Å². The molecule has 1 aromatic carbocycles. The molecule has 0 heterocycles. The van der Waals surface area contributed by atoms with Crippen LogP contribution in [0.25, 0.3) is 0 Å². The van der Waals surface area contributed by atoms with Gasteiger partial charge in [-0.25, -0.2) is 8.42 Å². The summed E-state index contributed by atoms with van der Waals surface area (Å²) in [4.78, 5) is 0.354. The fraction of sp³-hybridized carbons (Fsp3) is 0.600. The normalized spacial score (nSPS) is 17.4. The van der Waals surface area contributed by atoms with E-state index in [1.54, 1.807) is 10.4 Å². The molecule has 3 nitrogen and oxygen atoms in total. The van der Waals surface area contributed by atoms with Crippen LogP contribution in [-0.4, -0.2) is 25.3 Å². The van der Waals surface area contributed by atoms with Crippen LogP contribution in [0.4, 0.5) is 0 Å². The molecule has 0 spiro atoms. The molecule has 0 aliphatic heterocycles. The lowest BCUT2D eigenvalue weighted by molar-refractivity contribution is 0.261. The number of hydrogen-bond acceptors (Lipinski definition) is 2. The highest BCUT2D eigenvalue weighted by Crippen LogP contribution is 2.33. The van der Waals surface area contributed by atoms with Crippen LogP contribution in [-0.2, 0) is 10.0 Å². The molecular weight excluding hydrogens is 418 g/mol. The van der Waals surface area contributed by atoms with Gasteiger partial charge in [0.05, 0.1) is 4.90 Å². The molecule has 0 atom stereocenters. The largest absolute Gasteiger partial charge is 0.244 e. The van der Waals surface area contributed by atoms with Gasteiger partial charge in [0.1, 0.15) is 0 Å². The molecule has 21 heavy (non-hydrogen) atoms. The summed E-state index contributed by atoms with van der Waals surface area (Å²) in [6.07, 6.45) is 5.40. The van der Waals surface area contributed by atoms with E-state index in [-0.39, 0.29) is 6.04 Å². The van der Waals surface area contributed by atoms with E-state index in [4.69, 9.17) is 0 Å². The summed E-state index contributed by atoms with van der Waals surface area (Å²) in [6.45, 7) is 4.39. The van der Waals surface area contributed by atoms with Crippen LogP contribution in [0.3, 0.4) is 0 Å². The number of hydrogen-bond donors (Lipinski definition) is 0. The van der Waals surface area contributed by atoms with Crippen LogP contribution < -0.4 is 0 Å². The highest BCUT2D eigenvalue weighted by atomic mass is 79.9. The Morgan fingerprint density at radius 1 is 1.14 bits per heavy atom. The second-order valence-corrected chi connectivity index (χ2v) is 9.10. The van der Waals surface area contributed by atoms with Gasteiger partial charge in [-0.2, -0.15) is 4.31 Å². The molecule has 0 radical (unpaired) electrons. The van der Waals surface area contributed by atoms with Gasteiger partial charge in [0.15, 0.2) is 0 Å². The molecule has 0 amide bonds. The third-order valence-corrected chi connectivity index (χ3v) is 7.93. The Hall–Kier alpha value is 0.0900. The number of aryl methyl sites for hydroxylation is 1. The minimum atomic E-state index is -3.46.